The second kappa shape index (κ2) is 9.51. The summed E-state index contributed by atoms with van der Waals surface area (Å²) < 4.78 is 41.5. The first-order chi connectivity index (χ1) is 15.2. The molecule has 32 heavy (non-hydrogen) atoms. The number of carbonyl (C=O) groups excluding carboxylic acids is 1. The molecule has 176 valence electrons. The van der Waals surface area contributed by atoms with E-state index in [0.717, 1.165) is 31.4 Å². The fraction of sp³-hybridized carbons (Fsp3) is 0.667. The van der Waals surface area contributed by atoms with Crippen molar-refractivity contribution in [1.82, 2.24) is 4.90 Å². The van der Waals surface area contributed by atoms with Gasteiger partial charge in [0.15, 0.2) is 6.61 Å². The number of amides is 1. The lowest BCUT2D eigenvalue weighted by molar-refractivity contribution is -0.136. The maximum atomic E-state index is 13.2. The van der Waals surface area contributed by atoms with Gasteiger partial charge in [-0.2, -0.15) is 4.40 Å². The molecule has 1 amide bonds. The number of aryl methyl sites for hydroxylation is 1. The summed E-state index contributed by atoms with van der Waals surface area (Å²) in [6.07, 6.45) is 5.24. The highest BCUT2D eigenvalue weighted by atomic mass is 32.2. The van der Waals surface area contributed by atoms with Gasteiger partial charge in [0.1, 0.15) is 5.75 Å². The predicted molar refractivity (Wildman–Crippen MR) is 124 cm³/mol. The minimum atomic E-state index is -3.61. The average molecular weight is 463 g/mol. The van der Waals surface area contributed by atoms with Crippen LogP contribution >= 0.6 is 0 Å². The Kier molecular flexibility index (Phi) is 6.91. The van der Waals surface area contributed by atoms with E-state index in [1.165, 1.54) is 11.1 Å². The third-order valence-electron chi connectivity index (χ3n) is 6.87. The molecule has 1 saturated heterocycles. The molecule has 0 aromatic heterocycles. The number of hydrogen-bond donors (Lipinski definition) is 0. The largest absolute Gasteiger partial charge is 0.483 e. The summed E-state index contributed by atoms with van der Waals surface area (Å²) in [7, 11) is -3.61. The van der Waals surface area contributed by atoms with Crippen LogP contribution in [0.4, 0.5) is 0 Å². The third-order valence-corrected chi connectivity index (χ3v) is 8.55. The fourth-order valence-corrected chi connectivity index (χ4v) is 5.65. The topological polar surface area (TPSA) is 85.3 Å². The van der Waals surface area contributed by atoms with Crippen molar-refractivity contribution in [3.05, 3.63) is 29.3 Å². The van der Waals surface area contributed by atoms with Gasteiger partial charge in [-0.1, -0.05) is 17.7 Å². The average Bonchev–Trinajstić information content (AvgIpc) is 2.78. The third kappa shape index (κ3) is 5.01. The quantitative estimate of drug-likeness (QED) is 0.670. The van der Waals surface area contributed by atoms with E-state index in [4.69, 9.17) is 9.47 Å². The standard InChI is InChI=1S/C24H34N2O5S/c1-16(2)32(28,29)25-21-5-4-12-26-22(21)14-30-19-9-7-18(8-10-19)20-13-17(3)6-11-23(20)31-15-24(26)27/h6,11,13,16,18-19,22H,4-5,7-10,12,14-15H2,1-3H3/b25-21+. The molecule has 1 aromatic rings. The zero-order valence-corrected chi connectivity index (χ0v) is 20.1. The molecule has 1 atom stereocenters. The molecule has 3 heterocycles. The first-order valence-electron chi connectivity index (χ1n) is 11.7. The number of benzene rings is 1. The molecule has 0 spiro atoms. The Morgan fingerprint density at radius 2 is 1.91 bits per heavy atom. The van der Waals surface area contributed by atoms with Crippen LogP contribution in [0.25, 0.3) is 0 Å². The number of ether oxygens (including phenoxy) is 2. The van der Waals surface area contributed by atoms with Crippen molar-refractivity contribution in [1.29, 1.82) is 0 Å². The lowest BCUT2D eigenvalue weighted by Gasteiger charge is -2.37. The Hall–Kier alpha value is -1.93. The Morgan fingerprint density at radius 1 is 1.16 bits per heavy atom. The van der Waals surface area contributed by atoms with Crippen molar-refractivity contribution in [3.8, 4) is 5.75 Å². The highest BCUT2D eigenvalue weighted by Gasteiger charge is 2.35. The highest BCUT2D eigenvalue weighted by molar-refractivity contribution is 7.90. The molecule has 1 saturated carbocycles. The van der Waals surface area contributed by atoms with Crippen molar-refractivity contribution in [2.24, 2.45) is 4.40 Å². The number of nitrogens with zero attached hydrogens (tertiary/aromatic N) is 2. The summed E-state index contributed by atoms with van der Waals surface area (Å²) in [5.74, 6) is 1.01. The lowest BCUT2D eigenvalue weighted by atomic mass is 9.82. The second-order valence-corrected chi connectivity index (χ2v) is 11.6. The normalized spacial score (nSPS) is 28.4. The molecular formula is C24H34N2O5S. The predicted octanol–water partition coefficient (Wildman–Crippen LogP) is 3.60. The van der Waals surface area contributed by atoms with Gasteiger partial charge in [0.25, 0.3) is 15.9 Å². The molecular weight excluding hydrogens is 428 g/mol. The van der Waals surface area contributed by atoms with Gasteiger partial charge in [-0.05, 0) is 76.8 Å². The Balaban J connectivity index is 1.66. The van der Waals surface area contributed by atoms with Crippen LogP contribution in [0.2, 0.25) is 0 Å². The first kappa shape index (κ1) is 23.2. The summed E-state index contributed by atoms with van der Waals surface area (Å²) in [4.78, 5) is 14.9. The molecule has 1 aromatic carbocycles. The second-order valence-electron chi connectivity index (χ2n) is 9.49. The molecule has 7 nitrogen and oxygen atoms in total. The van der Waals surface area contributed by atoms with Gasteiger partial charge in [0.2, 0.25) is 0 Å². The van der Waals surface area contributed by atoms with E-state index in [1.807, 2.05) is 12.1 Å². The Morgan fingerprint density at radius 3 is 2.62 bits per heavy atom. The monoisotopic (exact) mass is 462 g/mol. The van der Waals surface area contributed by atoms with E-state index < -0.39 is 21.3 Å². The van der Waals surface area contributed by atoms with Gasteiger partial charge in [-0.25, -0.2) is 8.42 Å². The Labute approximate surface area is 191 Å². The summed E-state index contributed by atoms with van der Waals surface area (Å²) >= 11 is 0. The van der Waals surface area contributed by atoms with Crippen LogP contribution in [-0.4, -0.2) is 62.1 Å². The van der Waals surface area contributed by atoms with E-state index in [1.54, 1.807) is 18.7 Å². The minimum Gasteiger partial charge on any atom is -0.483 e. The zero-order valence-electron chi connectivity index (χ0n) is 19.2. The van der Waals surface area contributed by atoms with Gasteiger partial charge in [0, 0.05) is 6.54 Å². The van der Waals surface area contributed by atoms with Crippen LogP contribution in [0, 0.1) is 6.92 Å². The van der Waals surface area contributed by atoms with Gasteiger partial charge < -0.3 is 14.4 Å². The first-order valence-corrected chi connectivity index (χ1v) is 13.2. The number of carbonyl (C=O) groups is 1. The van der Waals surface area contributed by atoms with Gasteiger partial charge >= 0.3 is 0 Å². The molecule has 8 heteroatoms. The van der Waals surface area contributed by atoms with E-state index >= 15 is 0 Å². The Bertz CT molecular complexity index is 980. The maximum Gasteiger partial charge on any atom is 0.261 e. The van der Waals surface area contributed by atoms with Gasteiger partial charge in [0.05, 0.1) is 29.7 Å². The number of hydrogen-bond acceptors (Lipinski definition) is 5. The highest BCUT2D eigenvalue weighted by Crippen LogP contribution is 2.39. The van der Waals surface area contributed by atoms with Crippen LogP contribution < -0.4 is 4.74 Å². The van der Waals surface area contributed by atoms with Crippen LogP contribution in [0.15, 0.2) is 22.6 Å². The van der Waals surface area contributed by atoms with E-state index in [0.29, 0.717) is 31.0 Å². The molecule has 2 fully saturated rings. The number of rotatable bonds is 2. The molecule has 3 aliphatic heterocycles. The molecule has 0 N–H and O–H groups in total. The van der Waals surface area contributed by atoms with Crippen LogP contribution in [0.5, 0.6) is 5.75 Å². The zero-order chi connectivity index (χ0) is 22.9. The maximum absolute atomic E-state index is 13.2. The summed E-state index contributed by atoms with van der Waals surface area (Å²) in [5.41, 5.74) is 2.89. The summed E-state index contributed by atoms with van der Waals surface area (Å²) in [6, 6.07) is 5.69. The van der Waals surface area contributed by atoms with Crippen LogP contribution in [0.1, 0.15) is 69.4 Å². The molecule has 1 aliphatic carbocycles. The number of fused-ring (bicyclic) bond motifs is 5. The van der Waals surface area contributed by atoms with Gasteiger partial charge in [-0.3, -0.25) is 4.79 Å². The molecule has 0 radical (unpaired) electrons. The summed E-state index contributed by atoms with van der Waals surface area (Å²) in [5, 5.41) is -0.602. The summed E-state index contributed by atoms with van der Waals surface area (Å²) in [6.45, 7) is 6.07. The van der Waals surface area contributed by atoms with E-state index in [9.17, 15) is 13.2 Å². The SMILES string of the molecule is Cc1ccc2c(c1)C1CCC(CC1)OCC1/C(=N/S(=O)(=O)C(C)C)CCCN1C(=O)CO2. The van der Waals surface area contributed by atoms with E-state index in [2.05, 4.69) is 17.4 Å². The van der Waals surface area contributed by atoms with Crippen molar-refractivity contribution >= 4 is 21.6 Å². The number of piperidine rings is 1. The fourth-order valence-electron chi connectivity index (χ4n) is 4.90. The smallest absolute Gasteiger partial charge is 0.261 e. The molecule has 2 bridgehead atoms. The lowest BCUT2D eigenvalue weighted by Crippen LogP contribution is -2.53. The molecule has 4 aliphatic rings. The number of sulfonamides is 1. The van der Waals surface area contributed by atoms with Crippen molar-refractivity contribution < 1.29 is 22.7 Å². The molecule has 5 rings (SSSR count). The molecule has 1 unspecified atom stereocenters. The van der Waals surface area contributed by atoms with Crippen LogP contribution in [0.3, 0.4) is 0 Å². The minimum absolute atomic E-state index is 0.0765. The van der Waals surface area contributed by atoms with Gasteiger partial charge in [-0.15, -0.1) is 0 Å². The van der Waals surface area contributed by atoms with Crippen molar-refractivity contribution in [3.63, 3.8) is 0 Å². The van der Waals surface area contributed by atoms with Crippen molar-refractivity contribution in [2.75, 3.05) is 19.8 Å². The van der Waals surface area contributed by atoms with Crippen LogP contribution in [-0.2, 0) is 19.6 Å². The van der Waals surface area contributed by atoms with E-state index in [-0.39, 0.29) is 25.2 Å². The van der Waals surface area contributed by atoms with Crippen molar-refractivity contribution in [2.45, 2.75) is 82.6 Å².